The van der Waals surface area contributed by atoms with E-state index in [-0.39, 0.29) is 5.82 Å². The van der Waals surface area contributed by atoms with Crippen molar-refractivity contribution < 1.29 is 8.78 Å². The van der Waals surface area contributed by atoms with Crippen molar-refractivity contribution in [3.63, 3.8) is 0 Å². The third-order valence-corrected chi connectivity index (χ3v) is 3.94. The lowest BCUT2D eigenvalue weighted by Crippen LogP contribution is -2.13. The summed E-state index contributed by atoms with van der Waals surface area (Å²) < 4.78 is 27.2. The van der Waals surface area contributed by atoms with Crippen molar-refractivity contribution in [1.29, 1.82) is 0 Å². The van der Waals surface area contributed by atoms with Gasteiger partial charge in [-0.2, -0.15) is 0 Å². The summed E-state index contributed by atoms with van der Waals surface area (Å²) in [7, 11) is 0. The van der Waals surface area contributed by atoms with Gasteiger partial charge >= 0.3 is 0 Å². The molecule has 0 atom stereocenters. The number of rotatable bonds is 4. The number of halogens is 3. The first-order valence-electron chi connectivity index (χ1n) is 5.03. The molecule has 0 saturated carbocycles. The van der Waals surface area contributed by atoms with Crippen LogP contribution in [0.15, 0.2) is 34.1 Å². The van der Waals surface area contributed by atoms with Crippen molar-refractivity contribution >= 4 is 27.3 Å². The molecule has 1 heterocycles. The number of hydrogen-bond acceptors (Lipinski definition) is 2. The topological polar surface area (TPSA) is 12.0 Å². The summed E-state index contributed by atoms with van der Waals surface area (Å²) >= 11 is 4.98. The van der Waals surface area contributed by atoms with Crippen molar-refractivity contribution in [2.45, 2.75) is 13.1 Å². The Labute approximate surface area is 111 Å². The molecule has 17 heavy (non-hydrogen) atoms. The Hall–Kier alpha value is -0.780. The Bertz CT molecular complexity index is 513. The number of nitrogens with one attached hydrogen (secondary N) is 1. The Kier molecular flexibility index (Phi) is 4.25. The molecule has 0 unspecified atom stereocenters. The first-order valence-corrected chi connectivity index (χ1v) is 6.70. The van der Waals surface area contributed by atoms with Crippen molar-refractivity contribution in [2.24, 2.45) is 0 Å². The molecule has 0 spiro atoms. The van der Waals surface area contributed by atoms with Gasteiger partial charge in [-0.3, -0.25) is 0 Å². The standard InChI is InChI=1S/C12H10BrF2NS/c13-9-4-11(17-7-9)6-16-5-8-3-10(14)1-2-12(8)15/h1-4,7,16H,5-6H2. The summed E-state index contributed by atoms with van der Waals surface area (Å²) in [5, 5.41) is 5.07. The zero-order chi connectivity index (χ0) is 12.3. The van der Waals surface area contributed by atoms with Crippen LogP contribution < -0.4 is 5.32 Å². The molecule has 2 rings (SSSR count). The van der Waals surface area contributed by atoms with E-state index >= 15 is 0 Å². The van der Waals surface area contributed by atoms with Crippen LogP contribution in [-0.2, 0) is 13.1 Å². The number of thiophene rings is 1. The molecule has 90 valence electrons. The van der Waals surface area contributed by atoms with E-state index in [0.29, 0.717) is 18.7 Å². The average Bonchev–Trinajstić information content (AvgIpc) is 2.69. The van der Waals surface area contributed by atoms with Crippen LogP contribution in [0.5, 0.6) is 0 Å². The van der Waals surface area contributed by atoms with E-state index in [1.54, 1.807) is 11.3 Å². The van der Waals surface area contributed by atoms with Crippen molar-refractivity contribution in [1.82, 2.24) is 5.32 Å². The third kappa shape index (κ3) is 3.59. The molecule has 0 fully saturated rings. The molecule has 0 bridgehead atoms. The van der Waals surface area contributed by atoms with Gasteiger partial charge in [-0.15, -0.1) is 11.3 Å². The first-order chi connectivity index (χ1) is 8.15. The quantitative estimate of drug-likeness (QED) is 0.896. The zero-order valence-electron chi connectivity index (χ0n) is 8.84. The Morgan fingerprint density at radius 1 is 1.18 bits per heavy atom. The highest BCUT2D eigenvalue weighted by Gasteiger charge is 2.04. The van der Waals surface area contributed by atoms with Gasteiger partial charge in [-0.05, 0) is 40.2 Å². The predicted octanol–water partition coefficient (Wildman–Crippen LogP) is 4.08. The van der Waals surface area contributed by atoms with Gasteiger partial charge in [0.05, 0.1) is 0 Å². The fraction of sp³-hybridized carbons (Fsp3) is 0.167. The highest BCUT2D eigenvalue weighted by molar-refractivity contribution is 9.10. The van der Waals surface area contributed by atoms with Crippen LogP contribution in [0.3, 0.4) is 0 Å². The maximum Gasteiger partial charge on any atom is 0.127 e. The fourth-order valence-electron chi connectivity index (χ4n) is 1.45. The highest BCUT2D eigenvalue weighted by atomic mass is 79.9. The smallest absolute Gasteiger partial charge is 0.127 e. The lowest BCUT2D eigenvalue weighted by atomic mass is 10.2. The molecule has 0 aliphatic carbocycles. The maximum atomic E-state index is 13.3. The molecule has 0 aliphatic rings. The van der Waals surface area contributed by atoms with Gasteiger partial charge in [0.1, 0.15) is 11.6 Å². The Balaban J connectivity index is 1.91. The van der Waals surface area contributed by atoms with Gasteiger partial charge in [-0.1, -0.05) is 0 Å². The van der Waals surface area contributed by atoms with E-state index in [1.165, 1.54) is 6.07 Å². The minimum Gasteiger partial charge on any atom is -0.308 e. The molecule has 2 aromatic rings. The van der Waals surface area contributed by atoms with Crippen molar-refractivity contribution in [2.75, 3.05) is 0 Å². The second kappa shape index (κ2) is 5.71. The largest absolute Gasteiger partial charge is 0.308 e. The Morgan fingerprint density at radius 2 is 2.00 bits per heavy atom. The van der Waals surface area contributed by atoms with Gasteiger partial charge in [0.25, 0.3) is 0 Å². The van der Waals surface area contributed by atoms with Crippen LogP contribution in [0.2, 0.25) is 0 Å². The molecule has 0 amide bonds. The summed E-state index contributed by atoms with van der Waals surface area (Å²) in [5.41, 5.74) is 0.348. The summed E-state index contributed by atoms with van der Waals surface area (Å²) in [4.78, 5) is 1.15. The molecule has 5 heteroatoms. The van der Waals surface area contributed by atoms with Crippen molar-refractivity contribution in [3.05, 3.63) is 56.2 Å². The average molecular weight is 318 g/mol. The highest BCUT2D eigenvalue weighted by Crippen LogP contribution is 2.19. The van der Waals surface area contributed by atoms with Gasteiger partial charge < -0.3 is 5.32 Å². The number of hydrogen-bond donors (Lipinski definition) is 1. The van der Waals surface area contributed by atoms with E-state index in [2.05, 4.69) is 21.2 Å². The summed E-state index contributed by atoms with van der Waals surface area (Å²) in [6, 6.07) is 5.48. The monoisotopic (exact) mass is 317 g/mol. The van der Waals surface area contributed by atoms with Crippen LogP contribution in [-0.4, -0.2) is 0 Å². The molecule has 1 N–H and O–H groups in total. The molecule has 0 aliphatic heterocycles. The summed E-state index contributed by atoms with van der Waals surface area (Å²) in [5.74, 6) is -0.798. The van der Waals surface area contributed by atoms with E-state index in [0.717, 1.165) is 21.5 Å². The molecule has 0 radical (unpaired) electrons. The van der Waals surface area contributed by atoms with E-state index in [4.69, 9.17) is 0 Å². The summed E-state index contributed by atoms with van der Waals surface area (Å²) in [6.45, 7) is 0.964. The minimum atomic E-state index is -0.415. The van der Waals surface area contributed by atoms with Crippen LogP contribution in [0.4, 0.5) is 8.78 Å². The number of benzene rings is 1. The Morgan fingerprint density at radius 3 is 2.71 bits per heavy atom. The van der Waals surface area contributed by atoms with Crippen LogP contribution >= 0.6 is 27.3 Å². The molecular weight excluding hydrogens is 308 g/mol. The third-order valence-electron chi connectivity index (χ3n) is 2.24. The van der Waals surface area contributed by atoms with Gasteiger partial charge in [0.2, 0.25) is 0 Å². The second-order valence-corrected chi connectivity index (χ2v) is 5.48. The molecule has 1 aromatic heterocycles. The second-order valence-electron chi connectivity index (χ2n) is 3.57. The predicted molar refractivity (Wildman–Crippen MR) is 68.9 cm³/mol. The van der Waals surface area contributed by atoms with E-state index < -0.39 is 5.82 Å². The van der Waals surface area contributed by atoms with Crippen LogP contribution in [0.1, 0.15) is 10.4 Å². The van der Waals surface area contributed by atoms with Crippen LogP contribution in [0, 0.1) is 11.6 Å². The molecular formula is C12H10BrF2NS. The molecule has 1 aromatic carbocycles. The van der Waals surface area contributed by atoms with Crippen LogP contribution in [0.25, 0.3) is 0 Å². The lowest BCUT2D eigenvalue weighted by molar-refractivity contribution is 0.569. The maximum absolute atomic E-state index is 13.3. The SMILES string of the molecule is Fc1ccc(F)c(CNCc2cc(Br)cs2)c1. The normalized spacial score (nSPS) is 10.8. The van der Waals surface area contributed by atoms with Gasteiger partial charge in [0.15, 0.2) is 0 Å². The first kappa shape index (κ1) is 12.7. The lowest BCUT2D eigenvalue weighted by Gasteiger charge is -2.04. The summed E-state index contributed by atoms with van der Waals surface area (Å²) in [6.07, 6.45) is 0. The van der Waals surface area contributed by atoms with Gasteiger partial charge in [0, 0.05) is 33.4 Å². The molecule has 0 saturated heterocycles. The zero-order valence-corrected chi connectivity index (χ0v) is 11.2. The van der Waals surface area contributed by atoms with E-state index in [1.807, 2.05) is 11.4 Å². The fourth-order valence-corrected chi connectivity index (χ4v) is 2.87. The van der Waals surface area contributed by atoms with Gasteiger partial charge in [-0.25, -0.2) is 8.78 Å². The molecule has 1 nitrogen and oxygen atoms in total. The minimum absolute atomic E-state index is 0.319. The van der Waals surface area contributed by atoms with E-state index in [9.17, 15) is 8.78 Å². The van der Waals surface area contributed by atoms with Crippen molar-refractivity contribution in [3.8, 4) is 0 Å².